The van der Waals surface area contributed by atoms with Crippen LogP contribution in [0.3, 0.4) is 0 Å². The van der Waals surface area contributed by atoms with Crippen molar-refractivity contribution in [3.05, 3.63) is 0 Å². The second-order valence-corrected chi connectivity index (χ2v) is 2.76. The second kappa shape index (κ2) is 3.32. The molecule has 0 spiro atoms. The molecule has 0 radical (unpaired) electrons. The quantitative estimate of drug-likeness (QED) is 0.552. The van der Waals surface area contributed by atoms with E-state index in [-0.39, 0.29) is 12.0 Å². The highest BCUT2D eigenvalue weighted by Crippen LogP contribution is 2.20. The smallest absolute Gasteiger partial charge is 0.157 e. The van der Waals surface area contributed by atoms with E-state index in [9.17, 15) is 5.11 Å². The molecule has 1 aliphatic heterocycles. The summed E-state index contributed by atoms with van der Waals surface area (Å²) < 4.78 is 4.95. The molecule has 3 atom stereocenters. The van der Waals surface area contributed by atoms with E-state index in [2.05, 4.69) is 0 Å². The third-order valence-corrected chi connectivity index (χ3v) is 2.01. The Hall–Kier alpha value is -0.120. The van der Waals surface area contributed by atoms with Crippen LogP contribution in [0.1, 0.15) is 19.8 Å². The first-order valence-electron chi connectivity index (χ1n) is 3.71. The Balaban J connectivity index is 2.36. The lowest BCUT2D eigenvalue weighted by atomic mass is 9.96. The lowest BCUT2D eigenvalue weighted by Crippen LogP contribution is -2.36. The first kappa shape index (κ1) is 7.98. The molecule has 3 nitrogen and oxygen atoms in total. The van der Waals surface area contributed by atoms with Gasteiger partial charge in [-0.15, -0.1) is 0 Å². The molecule has 3 heteroatoms. The summed E-state index contributed by atoms with van der Waals surface area (Å²) in [7, 11) is 0. The van der Waals surface area contributed by atoms with Crippen LogP contribution in [0.5, 0.6) is 0 Å². The molecular weight excluding hydrogens is 132 g/mol. The Labute approximate surface area is 60.6 Å². The number of hydrogen-bond donors (Lipinski definition) is 2. The van der Waals surface area contributed by atoms with Crippen LogP contribution >= 0.6 is 0 Å². The largest absolute Gasteiger partial charge is 0.393 e. The topological polar surface area (TPSA) is 49.7 Å². The van der Waals surface area contributed by atoms with E-state index < -0.39 is 6.29 Å². The van der Waals surface area contributed by atoms with Crippen molar-refractivity contribution in [3.63, 3.8) is 0 Å². The molecule has 60 valence electrons. The van der Waals surface area contributed by atoms with Gasteiger partial charge in [-0.25, -0.2) is 0 Å². The van der Waals surface area contributed by atoms with Crippen molar-refractivity contribution in [1.29, 1.82) is 0 Å². The van der Waals surface area contributed by atoms with Crippen molar-refractivity contribution in [3.8, 4) is 0 Å². The Morgan fingerprint density at radius 2 is 2.20 bits per heavy atom. The molecule has 1 fully saturated rings. The van der Waals surface area contributed by atoms with E-state index in [0.29, 0.717) is 13.0 Å². The van der Waals surface area contributed by atoms with Gasteiger partial charge in [0.05, 0.1) is 12.7 Å². The Morgan fingerprint density at radius 1 is 1.50 bits per heavy atom. The van der Waals surface area contributed by atoms with E-state index >= 15 is 0 Å². The zero-order chi connectivity index (χ0) is 7.56. The molecule has 0 aliphatic carbocycles. The maximum absolute atomic E-state index is 9.30. The molecule has 10 heavy (non-hydrogen) atoms. The van der Waals surface area contributed by atoms with Crippen molar-refractivity contribution in [2.24, 2.45) is 5.92 Å². The van der Waals surface area contributed by atoms with Crippen molar-refractivity contribution in [1.82, 2.24) is 0 Å². The first-order chi connectivity index (χ1) is 4.74. The second-order valence-electron chi connectivity index (χ2n) is 2.76. The highest BCUT2D eigenvalue weighted by atomic mass is 16.6. The summed E-state index contributed by atoms with van der Waals surface area (Å²) in [5.74, 6) is 0.211. The summed E-state index contributed by atoms with van der Waals surface area (Å²) in [6.07, 6.45) is 0.137. The van der Waals surface area contributed by atoms with Gasteiger partial charge in [-0.3, -0.25) is 0 Å². The van der Waals surface area contributed by atoms with Crippen LogP contribution < -0.4 is 0 Å². The van der Waals surface area contributed by atoms with Crippen LogP contribution in [0.15, 0.2) is 0 Å². The molecule has 2 N–H and O–H groups in total. The van der Waals surface area contributed by atoms with Crippen molar-refractivity contribution < 1.29 is 14.9 Å². The minimum atomic E-state index is -0.752. The van der Waals surface area contributed by atoms with Gasteiger partial charge in [0.2, 0.25) is 0 Å². The molecule has 0 aromatic heterocycles. The fraction of sp³-hybridized carbons (Fsp3) is 1.00. The van der Waals surface area contributed by atoms with Crippen LogP contribution in [-0.2, 0) is 4.74 Å². The van der Waals surface area contributed by atoms with Gasteiger partial charge < -0.3 is 14.9 Å². The highest BCUT2D eigenvalue weighted by Gasteiger charge is 2.26. The van der Waals surface area contributed by atoms with Gasteiger partial charge in [-0.2, -0.15) is 0 Å². The van der Waals surface area contributed by atoms with E-state index in [1.54, 1.807) is 0 Å². The van der Waals surface area contributed by atoms with Crippen LogP contribution in [0, 0.1) is 5.92 Å². The molecule has 1 aliphatic rings. The van der Waals surface area contributed by atoms with Gasteiger partial charge in [0.1, 0.15) is 0 Å². The third kappa shape index (κ3) is 1.68. The Morgan fingerprint density at radius 3 is 2.70 bits per heavy atom. The molecular formula is C7H14O3. The van der Waals surface area contributed by atoms with Gasteiger partial charge in [-0.1, -0.05) is 6.92 Å². The molecule has 0 aromatic rings. The average molecular weight is 146 g/mol. The van der Waals surface area contributed by atoms with Crippen molar-refractivity contribution >= 4 is 0 Å². The standard InChI is InChI=1S/C7H14O3/c1-2-5-4-10-7(9)3-6(5)8/h5-9H,2-4H2,1H3/t5-,6-,7?/m0/s1. The van der Waals surface area contributed by atoms with Gasteiger partial charge in [-0.05, 0) is 6.42 Å². The number of aliphatic hydroxyl groups excluding tert-OH is 2. The SMILES string of the molecule is CC[C@H]1COC(O)C[C@@H]1O. The fourth-order valence-electron chi connectivity index (χ4n) is 1.20. The van der Waals surface area contributed by atoms with Gasteiger partial charge in [0, 0.05) is 12.3 Å². The van der Waals surface area contributed by atoms with E-state index in [1.807, 2.05) is 6.92 Å². The summed E-state index contributed by atoms with van der Waals surface area (Å²) >= 11 is 0. The molecule has 0 bridgehead atoms. The summed E-state index contributed by atoms with van der Waals surface area (Å²) in [6, 6.07) is 0. The predicted molar refractivity (Wildman–Crippen MR) is 36.4 cm³/mol. The van der Waals surface area contributed by atoms with Crippen molar-refractivity contribution in [2.75, 3.05) is 6.61 Å². The molecule has 0 aromatic carbocycles. The summed E-state index contributed by atoms with van der Waals surface area (Å²) in [5, 5.41) is 18.2. The predicted octanol–water partition coefficient (Wildman–Crippen LogP) is 0.112. The number of rotatable bonds is 1. The van der Waals surface area contributed by atoms with E-state index in [4.69, 9.17) is 9.84 Å². The lowest BCUT2D eigenvalue weighted by Gasteiger charge is -2.29. The van der Waals surface area contributed by atoms with Crippen LogP contribution in [0.25, 0.3) is 0 Å². The molecule has 1 heterocycles. The van der Waals surface area contributed by atoms with Gasteiger partial charge in [0.25, 0.3) is 0 Å². The fourth-order valence-corrected chi connectivity index (χ4v) is 1.20. The number of ether oxygens (including phenoxy) is 1. The molecule has 0 saturated carbocycles. The molecule has 1 rings (SSSR count). The van der Waals surface area contributed by atoms with Crippen LogP contribution in [0.4, 0.5) is 0 Å². The lowest BCUT2D eigenvalue weighted by molar-refractivity contribution is -0.175. The van der Waals surface area contributed by atoms with Gasteiger partial charge in [0.15, 0.2) is 6.29 Å². The summed E-state index contributed by atoms with van der Waals surface area (Å²) in [4.78, 5) is 0. The number of hydrogen-bond acceptors (Lipinski definition) is 3. The van der Waals surface area contributed by atoms with E-state index in [1.165, 1.54) is 0 Å². The van der Waals surface area contributed by atoms with Gasteiger partial charge >= 0.3 is 0 Å². The Bertz CT molecular complexity index is 105. The zero-order valence-corrected chi connectivity index (χ0v) is 6.16. The molecule has 1 saturated heterocycles. The monoisotopic (exact) mass is 146 g/mol. The number of aliphatic hydroxyl groups is 2. The van der Waals surface area contributed by atoms with Crippen LogP contribution in [0.2, 0.25) is 0 Å². The maximum Gasteiger partial charge on any atom is 0.157 e. The minimum absolute atomic E-state index is 0.211. The van der Waals surface area contributed by atoms with Crippen LogP contribution in [-0.4, -0.2) is 29.2 Å². The van der Waals surface area contributed by atoms with Crippen molar-refractivity contribution in [2.45, 2.75) is 32.2 Å². The average Bonchev–Trinajstić information content (AvgIpc) is 1.88. The molecule has 0 amide bonds. The normalized spacial score (nSPS) is 41.7. The minimum Gasteiger partial charge on any atom is -0.393 e. The third-order valence-electron chi connectivity index (χ3n) is 2.01. The molecule has 1 unspecified atom stereocenters. The highest BCUT2D eigenvalue weighted by molar-refractivity contribution is 4.72. The maximum atomic E-state index is 9.30. The zero-order valence-electron chi connectivity index (χ0n) is 6.16. The Kier molecular flexibility index (Phi) is 2.65. The summed E-state index contributed by atoms with van der Waals surface area (Å²) in [6.45, 7) is 2.49. The first-order valence-corrected chi connectivity index (χ1v) is 3.71. The van der Waals surface area contributed by atoms with E-state index in [0.717, 1.165) is 6.42 Å². The summed E-state index contributed by atoms with van der Waals surface area (Å²) in [5.41, 5.74) is 0.